The van der Waals surface area contributed by atoms with Gasteiger partial charge in [-0.1, -0.05) is 11.2 Å². The highest BCUT2D eigenvalue weighted by Crippen LogP contribution is 2.34. The first kappa shape index (κ1) is 16.2. The monoisotopic (exact) mass is 370 g/mol. The van der Waals surface area contributed by atoms with Crippen LogP contribution in [0.15, 0.2) is 46.9 Å². The predicted molar refractivity (Wildman–Crippen MR) is 90.3 cm³/mol. The second kappa shape index (κ2) is 5.88. The molecule has 8 nitrogen and oxygen atoms in total. The van der Waals surface area contributed by atoms with E-state index in [-0.39, 0.29) is 17.0 Å². The van der Waals surface area contributed by atoms with Crippen molar-refractivity contribution in [3.8, 4) is 0 Å². The molecule has 2 aliphatic heterocycles. The molecule has 4 rings (SSSR count). The van der Waals surface area contributed by atoms with E-state index in [4.69, 9.17) is 9.94 Å². The molecule has 0 spiro atoms. The molecule has 0 saturated carbocycles. The maximum absolute atomic E-state index is 12.8. The zero-order chi connectivity index (χ0) is 18.4. The second-order valence-electron chi connectivity index (χ2n) is 5.65. The van der Waals surface area contributed by atoms with Gasteiger partial charge in [-0.25, -0.2) is 9.69 Å². The molecular weight excluding hydrogens is 360 g/mol. The van der Waals surface area contributed by atoms with Crippen LogP contribution in [0.25, 0.3) is 0 Å². The summed E-state index contributed by atoms with van der Waals surface area (Å²) < 4.78 is 0. The van der Waals surface area contributed by atoms with E-state index in [1.165, 1.54) is 35.6 Å². The Morgan fingerprint density at radius 1 is 1.12 bits per heavy atom. The number of thiophene rings is 1. The number of carbonyl (C=O) groups excluding carboxylic acids is 3. The Labute approximate surface area is 150 Å². The third-order valence-electron chi connectivity index (χ3n) is 4.16. The van der Waals surface area contributed by atoms with Crippen molar-refractivity contribution in [3.63, 3.8) is 0 Å². The van der Waals surface area contributed by atoms with E-state index in [9.17, 15) is 19.2 Å². The topological polar surface area (TPSA) is 113 Å². The van der Waals surface area contributed by atoms with Crippen LogP contribution in [0.4, 0.5) is 5.69 Å². The van der Waals surface area contributed by atoms with E-state index in [1.807, 2.05) is 0 Å². The van der Waals surface area contributed by atoms with Gasteiger partial charge in [-0.3, -0.25) is 14.4 Å². The van der Waals surface area contributed by atoms with Crippen LogP contribution in [-0.2, 0) is 14.4 Å². The van der Waals surface area contributed by atoms with Gasteiger partial charge < -0.3 is 9.94 Å². The van der Waals surface area contributed by atoms with Gasteiger partial charge in [0.1, 0.15) is 11.6 Å². The Balaban J connectivity index is 1.64. The minimum absolute atomic E-state index is 0.0272. The summed E-state index contributed by atoms with van der Waals surface area (Å²) in [6, 6.07) is 8.60. The van der Waals surface area contributed by atoms with Crippen molar-refractivity contribution in [2.75, 3.05) is 4.90 Å². The molecule has 3 heterocycles. The number of nitrogens with zero attached hydrogens (tertiary/aromatic N) is 2. The van der Waals surface area contributed by atoms with Gasteiger partial charge in [0.15, 0.2) is 0 Å². The Bertz CT molecular complexity index is 964. The lowest BCUT2D eigenvalue weighted by Gasteiger charge is -2.15. The molecule has 0 aliphatic carbocycles. The third kappa shape index (κ3) is 2.32. The number of carboxylic acids is 1. The number of carbonyl (C=O) groups is 4. The van der Waals surface area contributed by atoms with E-state index in [0.717, 1.165) is 4.90 Å². The van der Waals surface area contributed by atoms with E-state index < -0.39 is 35.6 Å². The van der Waals surface area contributed by atoms with Gasteiger partial charge >= 0.3 is 5.97 Å². The quantitative estimate of drug-likeness (QED) is 0.646. The Morgan fingerprint density at radius 3 is 2.46 bits per heavy atom. The smallest absolute Gasteiger partial charge is 0.335 e. The Morgan fingerprint density at radius 2 is 1.85 bits per heavy atom. The zero-order valence-corrected chi connectivity index (χ0v) is 13.8. The molecule has 2 amide bonds. The van der Waals surface area contributed by atoms with Crippen molar-refractivity contribution in [2.45, 2.75) is 6.10 Å². The first-order valence-corrected chi connectivity index (χ1v) is 8.40. The molecule has 0 unspecified atom stereocenters. The maximum atomic E-state index is 12.8. The summed E-state index contributed by atoms with van der Waals surface area (Å²) in [7, 11) is 0. The number of hydrogen-bond donors (Lipinski definition) is 1. The standard InChI is InChI=1S/C17H10N2O6S/c20-13(10-2-1-7-26-10)12-11-14(25-18-12)16(22)19(15(11)21)9-5-3-8(4-6-9)17(23)24/h1-7,11,14H,(H,23,24)/t11-,14-/m1/s1. The van der Waals surface area contributed by atoms with E-state index in [0.29, 0.717) is 4.88 Å². The largest absolute Gasteiger partial charge is 0.478 e. The molecule has 2 atom stereocenters. The van der Waals surface area contributed by atoms with Crippen molar-refractivity contribution in [1.82, 2.24) is 0 Å². The summed E-state index contributed by atoms with van der Waals surface area (Å²) in [5, 5.41) is 14.3. The number of hydrogen-bond acceptors (Lipinski definition) is 7. The molecule has 2 aromatic rings. The molecule has 0 radical (unpaired) electrons. The number of rotatable bonds is 4. The average Bonchev–Trinajstić information content (AvgIpc) is 3.35. The summed E-state index contributed by atoms with van der Waals surface area (Å²) in [5.74, 6) is -3.93. The first-order valence-electron chi connectivity index (χ1n) is 7.52. The Kier molecular flexibility index (Phi) is 3.66. The summed E-state index contributed by atoms with van der Waals surface area (Å²) in [5.41, 5.74) is 0.144. The van der Waals surface area contributed by atoms with Crippen molar-refractivity contribution in [1.29, 1.82) is 0 Å². The van der Waals surface area contributed by atoms with Crippen LogP contribution in [-0.4, -0.2) is 40.5 Å². The molecule has 1 N–H and O–H groups in total. The van der Waals surface area contributed by atoms with Crippen LogP contribution in [0, 0.1) is 5.92 Å². The molecule has 1 fully saturated rings. The molecular formula is C17H10N2O6S. The highest BCUT2D eigenvalue weighted by Gasteiger charge is 2.57. The lowest BCUT2D eigenvalue weighted by molar-refractivity contribution is -0.126. The fraction of sp³-hybridized carbons (Fsp3) is 0.118. The number of benzene rings is 1. The molecule has 130 valence electrons. The number of carboxylic acid groups (broad SMARTS) is 1. The summed E-state index contributed by atoms with van der Waals surface area (Å²) in [6.45, 7) is 0. The first-order chi connectivity index (χ1) is 12.5. The maximum Gasteiger partial charge on any atom is 0.335 e. The highest BCUT2D eigenvalue weighted by atomic mass is 32.1. The number of aromatic carboxylic acids is 1. The third-order valence-corrected chi connectivity index (χ3v) is 5.03. The summed E-state index contributed by atoms with van der Waals surface area (Å²) >= 11 is 1.20. The van der Waals surface area contributed by atoms with Crippen LogP contribution in [0.3, 0.4) is 0 Å². The average molecular weight is 370 g/mol. The highest BCUT2D eigenvalue weighted by molar-refractivity contribution is 7.13. The molecule has 1 aromatic carbocycles. The van der Waals surface area contributed by atoms with E-state index in [2.05, 4.69) is 5.16 Å². The number of ketones is 1. The predicted octanol–water partition coefficient (Wildman–Crippen LogP) is 1.57. The zero-order valence-electron chi connectivity index (χ0n) is 13.0. The van der Waals surface area contributed by atoms with E-state index in [1.54, 1.807) is 17.5 Å². The van der Waals surface area contributed by atoms with Crippen LogP contribution in [0.5, 0.6) is 0 Å². The van der Waals surface area contributed by atoms with Gasteiger partial charge in [0.25, 0.3) is 5.91 Å². The van der Waals surface area contributed by atoms with Gasteiger partial charge in [0.05, 0.1) is 16.1 Å². The molecule has 1 aromatic heterocycles. The lowest BCUT2D eigenvalue weighted by Crippen LogP contribution is -2.34. The second-order valence-corrected chi connectivity index (χ2v) is 6.60. The van der Waals surface area contributed by atoms with E-state index >= 15 is 0 Å². The number of anilines is 1. The van der Waals surface area contributed by atoms with Crippen LogP contribution in [0.1, 0.15) is 20.0 Å². The normalized spacial score (nSPS) is 21.4. The number of imide groups is 1. The molecule has 26 heavy (non-hydrogen) atoms. The van der Waals surface area contributed by atoms with Gasteiger partial charge in [0, 0.05) is 0 Å². The minimum Gasteiger partial charge on any atom is -0.478 e. The van der Waals surface area contributed by atoms with Crippen molar-refractivity contribution in [2.24, 2.45) is 11.1 Å². The number of amides is 2. The Hall–Kier alpha value is -3.33. The SMILES string of the molecule is O=C(O)c1ccc(N2C(=O)[C@@H]3C(C(=O)c4cccs4)=NO[C@H]3C2=O)cc1. The van der Waals surface area contributed by atoms with Crippen molar-refractivity contribution in [3.05, 3.63) is 52.2 Å². The molecule has 2 aliphatic rings. The lowest BCUT2D eigenvalue weighted by atomic mass is 9.96. The van der Waals surface area contributed by atoms with Gasteiger partial charge in [-0.05, 0) is 35.7 Å². The van der Waals surface area contributed by atoms with Crippen molar-refractivity contribution < 1.29 is 29.1 Å². The minimum atomic E-state index is -1.18. The summed E-state index contributed by atoms with van der Waals surface area (Å²) in [4.78, 5) is 55.2. The fourth-order valence-corrected chi connectivity index (χ4v) is 3.58. The van der Waals surface area contributed by atoms with Crippen molar-refractivity contribution >= 4 is 46.3 Å². The van der Waals surface area contributed by atoms with Gasteiger partial charge in [-0.15, -0.1) is 11.3 Å². The number of fused-ring (bicyclic) bond motifs is 1. The van der Waals surface area contributed by atoms with Gasteiger partial charge in [-0.2, -0.15) is 0 Å². The molecule has 9 heteroatoms. The van der Waals surface area contributed by atoms with Crippen LogP contribution < -0.4 is 4.90 Å². The van der Waals surface area contributed by atoms with Crippen LogP contribution >= 0.6 is 11.3 Å². The number of oxime groups is 1. The van der Waals surface area contributed by atoms with Crippen LogP contribution in [0.2, 0.25) is 0 Å². The fourth-order valence-electron chi connectivity index (χ4n) is 2.91. The summed E-state index contributed by atoms with van der Waals surface area (Å²) in [6.07, 6.45) is -1.18. The molecule has 1 saturated heterocycles. The van der Waals surface area contributed by atoms with Gasteiger partial charge in [0.2, 0.25) is 17.8 Å². The molecule has 0 bridgehead atoms. The number of Topliss-reactive ketones (excluding diaryl/α,β-unsaturated/α-hetero) is 1.